The molecule has 1 aromatic carbocycles. The van der Waals surface area contributed by atoms with Crippen LogP contribution in [-0.4, -0.2) is 79.0 Å². The number of carbonyl (C=O) groups excluding carboxylic acids is 1. The van der Waals surface area contributed by atoms with Crippen LogP contribution >= 0.6 is 0 Å². The normalized spacial score (nSPS) is 25.9. The minimum atomic E-state index is -5.08. The van der Waals surface area contributed by atoms with Gasteiger partial charge in [-0.2, -0.15) is 13.2 Å². The Morgan fingerprint density at radius 2 is 1.94 bits per heavy atom. The van der Waals surface area contributed by atoms with E-state index >= 15 is 0 Å². The molecular formula is C21H27F3N2O5. The molecule has 3 aliphatic rings. The number of benzene rings is 1. The number of fused-ring (bicyclic) bond motifs is 1. The van der Waals surface area contributed by atoms with Crippen LogP contribution in [0, 0.1) is 11.8 Å². The summed E-state index contributed by atoms with van der Waals surface area (Å²) in [5.41, 5.74) is 1.31. The number of alkyl halides is 3. The molecule has 3 saturated heterocycles. The molecule has 4 rings (SSSR count). The van der Waals surface area contributed by atoms with E-state index < -0.39 is 12.1 Å². The summed E-state index contributed by atoms with van der Waals surface area (Å²) < 4.78 is 43.0. The molecule has 0 saturated carbocycles. The molecule has 3 heterocycles. The van der Waals surface area contributed by atoms with Crippen molar-refractivity contribution in [1.29, 1.82) is 0 Å². The van der Waals surface area contributed by atoms with Crippen molar-refractivity contribution in [1.82, 2.24) is 9.80 Å². The molecule has 3 fully saturated rings. The van der Waals surface area contributed by atoms with Crippen molar-refractivity contribution >= 4 is 11.9 Å². The Balaban J connectivity index is 0.000000339. The van der Waals surface area contributed by atoms with Crippen LogP contribution in [0.25, 0.3) is 0 Å². The summed E-state index contributed by atoms with van der Waals surface area (Å²) in [5.74, 6) is -0.468. The predicted octanol–water partition coefficient (Wildman–Crippen LogP) is 2.40. The Kier molecular flexibility index (Phi) is 7.42. The third-order valence-corrected chi connectivity index (χ3v) is 5.95. The Bertz CT molecular complexity index is 771. The van der Waals surface area contributed by atoms with Crippen molar-refractivity contribution in [3.05, 3.63) is 29.8 Å². The van der Waals surface area contributed by atoms with Gasteiger partial charge in [-0.05, 0) is 24.1 Å². The Morgan fingerprint density at radius 3 is 2.48 bits per heavy atom. The average molecular weight is 444 g/mol. The fourth-order valence-corrected chi connectivity index (χ4v) is 4.37. The monoisotopic (exact) mass is 444 g/mol. The molecule has 172 valence electrons. The third-order valence-electron chi connectivity index (χ3n) is 5.95. The molecule has 1 N–H and O–H groups in total. The fraction of sp³-hybridized carbons (Fsp3) is 0.619. The number of hydrogen-bond acceptors (Lipinski definition) is 5. The molecule has 3 aliphatic heterocycles. The lowest BCUT2D eigenvalue weighted by molar-refractivity contribution is -0.192. The van der Waals surface area contributed by atoms with E-state index in [0.29, 0.717) is 23.8 Å². The van der Waals surface area contributed by atoms with Crippen LogP contribution in [0.4, 0.5) is 13.2 Å². The summed E-state index contributed by atoms with van der Waals surface area (Å²) in [6.07, 6.45) is -3.00. The molecule has 1 amide bonds. The second-order valence-electron chi connectivity index (χ2n) is 8.08. The summed E-state index contributed by atoms with van der Waals surface area (Å²) in [6, 6.07) is 8.30. The van der Waals surface area contributed by atoms with Crippen molar-refractivity contribution in [3.8, 4) is 5.75 Å². The van der Waals surface area contributed by atoms with Gasteiger partial charge in [0.2, 0.25) is 5.91 Å². The summed E-state index contributed by atoms with van der Waals surface area (Å²) in [6.45, 7) is 5.66. The average Bonchev–Trinajstić information content (AvgIpc) is 3.40. The van der Waals surface area contributed by atoms with Gasteiger partial charge in [0, 0.05) is 51.0 Å². The van der Waals surface area contributed by atoms with Gasteiger partial charge in [0.05, 0.1) is 19.8 Å². The number of carboxylic acids is 1. The molecule has 0 radical (unpaired) electrons. The van der Waals surface area contributed by atoms with E-state index in [4.69, 9.17) is 19.4 Å². The summed E-state index contributed by atoms with van der Waals surface area (Å²) in [7, 11) is 1.69. The number of nitrogens with zero attached hydrogens (tertiary/aromatic N) is 2. The maximum Gasteiger partial charge on any atom is 0.490 e. The highest BCUT2D eigenvalue weighted by Gasteiger charge is 2.44. The van der Waals surface area contributed by atoms with Gasteiger partial charge in [0.25, 0.3) is 0 Å². The quantitative estimate of drug-likeness (QED) is 0.752. The fourth-order valence-electron chi connectivity index (χ4n) is 4.37. The number of aliphatic carboxylic acids is 1. The molecule has 0 unspecified atom stereocenters. The standard InChI is InChI=1S/C19H26N2O3.C2HF3O2/c1-23-16-6-4-14(5-7-16)9-20-11-17-15(13-24-18(17)12-20)10-21-8-2-3-19(21)22;3-2(4,5)1(6)7/h4-7,15,17-18H,2-3,8-13H2,1H3;(H,6,7)/t15-,17-,18-;/m1./s1. The van der Waals surface area contributed by atoms with Crippen LogP contribution in [0.15, 0.2) is 24.3 Å². The molecule has 0 aromatic heterocycles. The maximum atomic E-state index is 11.9. The SMILES string of the molecule is COc1ccc(CN2C[C@@H]3[C@H](CN4CCCC4=O)CO[C@@H]3C2)cc1.O=C(O)C(F)(F)F. The summed E-state index contributed by atoms with van der Waals surface area (Å²) >= 11 is 0. The van der Waals surface area contributed by atoms with Crippen molar-refractivity contribution < 1.29 is 37.3 Å². The highest BCUT2D eigenvalue weighted by atomic mass is 19.4. The third kappa shape index (κ3) is 6.10. The highest BCUT2D eigenvalue weighted by molar-refractivity contribution is 5.78. The molecular weight excluding hydrogens is 417 g/mol. The number of carboxylic acid groups (broad SMARTS) is 1. The van der Waals surface area contributed by atoms with Crippen LogP contribution in [0.5, 0.6) is 5.75 Å². The van der Waals surface area contributed by atoms with Crippen molar-refractivity contribution in [2.75, 3.05) is 39.9 Å². The van der Waals surface area contributed by atoms with Gasteiger partial charge in [-0.15, -0.1) is 0 Å². The lowest BCUT2D eigenvalue weighted by Crippen LogP contribution is -2.35. The zero-order chi connectivity index (χ0) is 22.6. The first-order chi connectivity index (χ1) is 14.7. The topological polar surface area (TPSA) is 79.3 Å². The Labute approximate surface area is 178 Å². The van der Waals surface area contributed by atoms with Crippen LogP contribution < -0.4 is 4.74 Å². The van der Waals surface area contributed by atoms with E-state index in [1.807, 2.05) is 17.0 Å². The first kappa shape index (κ1) is 23.3. The Morgan fingerprint density at radius 1 is 1.26 bits per heavy atom. The van der Waals surface area contributed by atoms with Crippen LogP contribution in [0.1, 0.15) is 18.4 Å². The number of amides is 1. The van der Waals surface area contributed by atoms with Gasteiger partial charge < -0.3 is 19.5 Å². The molecule has 31 heavy (non-hydrogen) atoms. The molecule has 10 heteroatoms. The molecule has 0 aliphatic carbocycles. The van der Waals surface area contributed by atoms with Gasteiger partial charge in [-0.3, -0.25) is 9.69 Å². The first-order valence-corrected chi connectivity index (χ1v) is 10.2. The van der Waals surface area contributed by atoms with E-state index in [9.17, 15) is 18.0 Å². The molecule has 3 atom stereocenters. The van der Waals surface area contributed by atoms with Gasteiger partial charge >= 0.3 is 12.1 Å². The van der Waals surface area contributed by atoms with Crippen molar-refractivity contribution in [3.63, 3.8) is 0 Å². The Hall–Kier alpha value is -2.33. The van der Waals surface area contributed by atoms with Gasteiger partial charge in [0.1, 0.15) is 5.75 Å². The van der Waals surface area contributed by atoms with E-state index in [1.54, 1.807) is 7.11 Å². The highest BCUT2D eigenvalue weighted by Crippen LogP contribution is 2.35. The largest absolute Gasteiger partial charge is 0.497 e. The van der Waals surface area contributed by atoms with Gasteiger partial charge in [0.15, 0.2) is 0 Å². The number of methoxy groups -OCH3 is 1. The predicted molar refractivity (Wildman–Crippen MR) is 104 cm³/mol. The lowest BCUT2D eigenvalue weighted by atomic mass is 9.93. The second kappa shape index (κ2) is 9.86. The van der Waals surface area contributed by atoms with Crippen LogP contribution in [-0.2, 0) is 20.9 Å². The minimum absolute atomic E-state index is 0.325. The number of carbonyl (C=O) groups is 2. The summed E-state index contributed by atoms with van der Waals surface area (Å²) in [5, 5.41) is 7.12. The van der Waals surface area contributed by atoms with E-state index in [1.165, 1.54) is 5.56 Å². The minimum Gasteiger partial charge on any atom is -0.497 e. The first-order valence-electron chi connectivity index (χ1n) is 10.2. The van der Waals surface area contributed by atoms with Crippen molar-refractivity contribution in [2.24, 2.45) is 11.8 Å². The van der Waals surface area contributed by atoms with E-state index in [-0.39, 0.29) is 0 Å². The zero-order valence-electron chi connectivity index (χ0n) is 17.3. The maximum absolute atomic E-state index is 11.9. The number of likely N-dealkylation sites (tertiary alicyclic amines) is 2. The number of hydrogen-bond donors (Lipinski definition) is 1. The smallest absolute Gasteiger partial charge is 0.490 e. The molecule has 0 spiro atoms. The van der Waals surface area contributed by atoms with E-state index in [2.05, 4.69) is 17.0 Å². The number of rotatable bonds is 5. The zero-order valence-corrected chi connectivity index (χ0v) is 17.3. The van der Waals surface area contributed by atoms with Gasteiger partial charge in [-0.25, -0.2) is 4.79 Å². The van der Waals surface area contributed by atoms with Crippen molar-refractivity contribution in [2.45, 2.75) is 31.7 Å². The number of ether oxygens (including phenoxy) is 2. The second-order valence-corrected chi connectivity index (χ2v) is 8.08. The van der Waals surface area contributed by atoms with Gasteiger partial charge in [-0.1, -0.05) is 12.1 Å². The molecule has 0 bridgehead atoms. The van der Waals surface area contributed by atoms with Crippen LogP contribution in [0.2, 0.25) is 0 Å². The molecule has 7 nitrogen and oxygen atoms in total. The van der Waals surface area contributed by atoms with Crippen LogP contribution in [0.3, 0.4) is 0 Å². The van der Waals surface area contributed by atoms with E-state index in [0.717, 1.165) is 57.9 Å². The molecule has 1 aromatic rings. The lowest BCUT2D eigenvalue weighted by Gasteiger charge is -2.24. The number of halogens is 3. The summed E-state index contributed by atoms with van der Waals surface area (Å²) in [4.78, 5) is 25.3.